The first-order valence-corrected chi connectivity index (χ1v) is 15.4. The molecule has 43 heavy (non-hydrogen) atoms. The molecule has 5 N–H and O–H groups in total. The lowest BCUT2D eigenvalue weighted by Crippen LogP contribution is -2.33. The molecule has 0 spiro atoms. The maximum atomic E-state index is 15.7. The maximum Gasteiger partial charge on any atom is 0.280 e. The fourth-order valence-corrected chi connectivity index (χ4v) is 6.38. The topological polar surface area (TPSA) is 205 Å². The number of nitrogens with zero attached hydrogens (tertiary/aromatic N) is 7. The molecule has 5 rings (SSSR count). The number of halogens is 2. The third kappa shape index (κ3) is 6.57. The number of rotatable bonds is 14. The van der Waals surface area contributed by atoms with Gasteiger partial charge >= 0.3 is 0 Å². The first-order valence-electron chi connectivity index (χ1n) is 12.5. The molecule has 234 valence electrons. The summed E-state index contributed by atoms with van der Waals surface area (Å²) < 4.78 is 61.5. The molecule has 4 aromatic rings. The fourth-order valence-electron chi connectivity index (χ4n) is 4.66. The molecule has 0 bridgehead atoms. The highest BCUT2D eigenvalue weighted by Gasteiger charge is 2.47. The minimum atomic E-state index is -1.68. The van der Waals surface area contributed by atoms with Crippen LogP contribution in [-0.4, -0.2) is 88.8 Å². The predicted molar refractivity (Wildman–Crippen MR) is 162 cm³/mol. The zero-order valence-electron chi connectivity index (χ0n) is 22.3. The van der Waals surface area contributed by atoms with Crippen molar-refractivity contribution in [2.45, 2.75) is 36.2 Å². The highest BCUT2D eigenvalue weighted by molar-refractivity contribution is 7.99. The molecule has 1 saturated heterocycles. The Balaban J connectivity index is 1.18. The van der Waals surface area contributed by atoms with Crippen molar-refractivity contribution < 1.29 is 31.3 Å². The average molecular weight is 681 g/mol. The number of H-pyrrole nitrogens is 1. The normalized spacial score (nSPS) is 23.1. The van der Waals surface area contributed by atoms with Crippen LogP contribution in [0.25, 0.3) is 22.3 Å². The summed E-state index contributed by atoms with van der Waals surface area (Å²) in [6.45, 7) is -0.0608. The Morgan fingerprint density at radius 2 is 2.00 bits per heavy atom. The van der Waals surface area contributed by atoms with Gasteiger partial charge in [0.1, 0.15) is 11.8 Å². The molecular weight excluding hydrogens is 652 g/mol. The van der Waals surface area contributed by atoms with Crippen molar-refractivity contribution in [3.8, 4) is 0 Å². The second-order valence-corrected chi connectivity index (χ2v) is 11.6. The number of nitrogens with two attached hydrogens (primary N) is 2. The van der Waals surface area contributed by atoms with Crippen molar-refractivity contribution in [2.24, 2.45) is 5.92 Å². The van der Waals surface area contributed by atoms with E-state index in [2.05, 4.69) is 52.3 Å². The van der Waals surface area contributed by atoms with Crippen LogP contribution in [-0.2, 0) is 22.5 Å². The number of anilines is 2. The summed E-state index contributed by atoms with van der Waals surface area (Å²) in [4.78, 5) is 34.7. The highest BCUT2D eigenvalue weighted by Crippen LogP contribution is 2.39. The molecule has 0 saturated carbocycles. The van der Waals surface area contributed by atoms with Gasteiger partial charge in [-0.15, -0.1) is 0 Å². The van der Waals surface area contributed by atoms with Gasteiger partial charge in [0.05, 0.1) is 43.8 Å². The fraction of sp³-hybridized carbons (Fsp3) is 0.524. The van der Waals surface area contributed by atoms with E-state index in [1.54, 1.807) is 6.26 Å². The zero-order chi connectivity index (χ0) is 30.7. The summed E-state index contributed by atoms with van der Waals surface area (Å²) in [5, 5.41) is -0.750. The maximum absolute atomic E-state index is 15.7. The van der Waals surface area contributed by atoms with Gasteiger partial charge in [-0.3, -0.25) is 23.1 Å². The van der Waals surface area contributed by atoms with Crippen LogP contribution >= 0.6 is 43.2 Å². The molecule has 1 aliphatic heterocycles. The minimum absolute atomic E-state index is 0.0306. The van der Waals surface area contributed by atoms with Crippen molar-refractivity contribution in [1.29, 1.82) is 0 Å². The van der Waals surface area contributed by atoms with Gasteiger partial charge in [0, 0.05) is 15.4 Å². The number of aromatic nitrogens is 8. The highest BCUT2D eigenvalue weighted by atomic mass is 32.2. The zero-order valence-corrected chi connectivity index (χ0v) is 26.2. The van der Waals surface area contributed by atoms with Crippen LogP contribution < -0.4 is 17.0 Å². The van der Waals surface area contributed by atoms with Gasteiger partial charge in [0.25, 0.3) is 5.56 Å². The number of nitrogens with one attached hydrogen (secondary N) is 1. The van der Waals surface area contributed by atoms with Gasteiger partial charge in [-0.2, -0.15) is 16.7 Å². The van der Waals surface area contributed by atoms with E-state index >= 15 is 8.78 Å². The second-order valence-electron chi connectivity index (χ2n) is 9.28. The Labute approximate surface area is 256 Å². The monoisotopic (exact) mass is 680 g/mol. The standard InChI is InChI=1S/C21H28F2N10O6P2S2/c1-43-10(12(23)20(39-42)33-7-29-14-17(33)30-21(25)31-18(14)34)4-37-41-36-2-8-9(3-35-40)38-19(11(8)22)32-6-28-13-15(24)26-5-27-16(13)32/h5-12,19-20,41-42H,2-4,40H2,1H3,(H2,24,26,27)(H3,25,30,31,34)/t8-,9-,10-,11+,12-,19-,20-/m1/s1. The Morgan fingerprint density at radius 3 is 2.74 bits per heavy atom. The van der Waals surface area contributed by atoms with Gasteiger partial charge in [-0.1, -0.05) is 0 Å². The Hall–Kier alpha value is -2.28. The second kappa shape index (κ2) is 14.2. The number of alkyl halides is 2. The van der Waals surface area contributed by atoms with Crippen LogP contribution in [0.2, 0.25) is 0 Å². The van der Waals surface area contributed by atoms with E-state index in [0.717, 1.165) is 0 Å². The lowest BCUT2D eigenvalue weighted by atomic mass is 10.0. The molecule has 5 heterocycles. The summed E-state index contributed by atoms with van der Waals surface area (Å²) in [6, 6.07) is 0. The number of hydrogen-bond acceptors (Lipinski definition) is 15. The number of thioether (sulfide) groups is 1. The summed E-state index contributed by atoms with van der Waals surface area (Å²) in [6.07, 6.45) is -0.616. The van der Waals surface area contributed by atoms with Crippen LogP contribution in [0.4, 0.5) is 20.5 Å². The molecule has 2 unspecified atom stereocenters. The van der Waals surface area contributed by atoms with Gasteiger partial charge in [0.2, 0.25) is 5.95 Å². The molecule has 4 aromatic heterocycles. The number of imidazole rings is 2. The SMILES string of the molecule is CS[C@H](COPOC[C@H]1[C@H](F)[C@H](n2cnc3c(N)ncnc32)O[C@@H]1COP)[C@@H](F)[C@@H](OS)n1cnc2c(=O)[nH]c(N)nc21. The first-order chi connectivity index (χ1) is 20.8. The Bertz CT molecular complexity index is 1600. The summed E-state index contributed by atoms with van der Waals surface area (Å²) in [7, 11) is 1.58. The third-order valence-electron chi connectivity index (χ3n) is 6.80. The smallest absolute Gasteiger partial charge is 0.280 e. The van der Waals surface area contributed by atoms with Crippen LogP contribution in [0.1, 0.15) is 12.5 Å². The molecule has 0 radical (unpaired) electrons. The average Bonchev–Trinajstić information content (AvgIpc) is 3.68. The molecule has 0 aliphatic carbocycles. The summed E-state index contributed by atoms with van der Waals surface area (Å²) in [5.41, 5.74) is 11.6. The van der Waals surface area contributed by atoms with Crippen molar-refractivity contribution in [1.82, 2.24) is 39.0 Å². The van der Waals surface area contributed by atoms with E-state index in [1.807, 2.05) is 0 Å². The van der Waals surface area contributed by atoms with Gasteiger partial charge in [-0.05, 0) is 19.2 Å². The summed E-state index contributed by atoms with van der Waals surface area (Å²) >= 11 is 5.01. The molecule has 1 aliphatic rings. The van der Waals surface area contributed by atoms with E-state index in [-0.39, 0.29) is 42.8 Å². The number of ether oxygens (including phenoxy) is 1. The van der Waals surface area contributed by atoms with Gasteiger partial charge in [-0.25, -0.2) is 28.7 Å². The number of nitrogen functional groups attached to an aromatic ring is 2. The molecule has 16 nitrogen and oxygen atoms in total. The van der Waals surface area contributed by atoms with Gasteiger partial charge < -0.3 is 29.8 Å². The Kier molecular flexibility index (Phi) is 10.6. The van der Waals surface area contributed by atoms with Crippen molar-refractivity contribution in [3.63, 3.8) is 0 Å². The molecule has 22 heteroatoms. The van der Waals surface area contributed by atoms with E-state index in [9.17, 15) is 4.79 Å². The van der Waals surface area contributed by atoms with Crippen molar-refractivity contribution >= 4 is 77.3 Å². The minimum Gasteiger partial charge on any atom is -0.382 e. The summed E-state index contributed by atoms with van der Waals surface area (Å²) in [5.74, 6) is -0.710. The predicted octanol–water partition coefficient (Wildman–Crippen LogP) is 1.75. The van der Waals surface area contributed by atoms with E-state index in [1.165, 1.54) is 39.9 Å². The molecular formula is C21H28F2N10O6P2S2. The number of thiol groups is 1. The largest absolute Gasteiger partial charge is 0.382 e. The number of fused-ring (bicyclic) bond motifs is 2. The molecule has 0 amide bonds. The molecule has 9 atom stereocenters. The Morgan fingerprint density at radius 1 is 1.21 bits per heavy atom. The van der Waals surface area contributed by atoms with E-state index in [4.69, 9.17) is 34.0 Å². The van der Waals surface area contributed by atoms with Crippen LogP contribution in [0.5, 0.6) is 0 Å². The lowest BCUT2D eigenvalue weighted by molar-refractivity contribution is -0.0332. The van der Waals surface area contributed by atoms with Crippen molar-refractivity contribution in [3.05, 3.63) is 29.3 Å². The van der Waals surface area contributed by atoms with Crippen LogP contribution in [0.3, 0.4) is 0 Å². The first kappa shape index (κ1) is 32.1. The van der Waals surface area contributed by atoms with Crippen molar-refractivity contribution in [2.75, 3.05) is 37.5 Å². The van der Waals surface area contributed by atoms with Gasteiger partial charge in [0.15, 0.2) is 56.5 Å². The van der Waals surface area contributed by atoms with Crippen LogP contribution in [0.15, 0.2) is 23.8 Å². The molecule has 1 fully saturated rings. The van der Waals surface area contributed by atoms with Crippen LogP contribution in [0, 0.1) is 5.92 Å². The quantitative estimate of drug-likeness (QED) is 0.0649. The van der Waals surface area contributed by atoms with E-state index < -0.39 is 56.7 Å². The number of hydrogen-bond donors (Lipinski definition) is 4. The third-order valence-corrected chi connectivity index (χ3v) is 8.78. The lowest BCUT2D eigenvalue weighted by Gasteiger charge is -2.26. The molecule has 0 aromatic carbocycles. The van der Waals surface area contributed by atoms with E-state index in [0.29, 0.717) is 11.2 Å². The number of aromatic amines is 1.